The number of nitrogen functional groups attached to an aromatic ring is 1. The Kier molecular flexibility index (Phi) is 4.50. The van der Waals surface area contributed by atoms with Crippen LogP contribution in [0.3, 0.4) is 0 Å². The minimum Gasteiger partial charge on any atom is -0.395 e. The number of anilines is 2. The molecular weight excluding hydrogens is 250 g/mol. The second kappa shape index (κ2) is 6.12. The fourth-order valence-electron chi connectivity index (χ4n) is 1.70. The summed E-state index contributed by atoms with van der Waals surface area (Å²) < 4.78 is 1.15. The number of nitrogens with zero attached hydrogens (tertiary/aromatic N) is 1. The van der Waals surface area contributed by atoms with Crippen LogP contribution in [0.2, 0.25) is 0 Å². The molecule has 0 radical (unpaired) electrons. The molecule has 1 aromatic heterocycles. The first-order chi connectivity index (χ1) is 8.33. The number of hydrogen-bond acceptors (Lipinski definition) is 5. The van der Waals surface area contributed by atoms with Gasteiger partial charge in [-0.05, 0) is 37.0 Å². The van der Waals surface area contributed by atoms with E-state index in [9.17, 15) is 0 Å². The predicted octanol–water partition coefficient (Wildman–Crippen LogP) is 3.43. The molecule has 0 aliphatic carbocycles. The maximum atomic E-state index is 6.08. The van der Waals surface area contributed by atoms with Crippen molar-refractivity contribution in [2.24, 2.45) is 0 Å². The number of nitrogens with two attached hydrogens (primary N) is 1. The zero-order valence-corrected chi connectivity index (χ0v) is 11.5. The van der Waals surface area contributed by atoms with E-state index in [1.807, 2.05) is 23.3 Å². The fraction of sp³-hybridized carbons (Fsp3) is 0.417. The van der Waals surface area contributed by atoms with Gasteiger partial charge in [0.05, 0.1) is 21.6 Å². The smallest absolute Gasteiger partial charge is 0.106 e. The maximum Gasteiger partial charge on any atom is 0.106 e. The van der Waals surface area contributed by atoms with Gasteiger partial charge in [0, 0.05) is 6.54 Å². The summed E-state index contributed by atoms with van der Waals surface area (Å²) in [5, 5.41) is 3.38. The Labute approximate surface area is 110 Å². The van der Waals surface area contributed by atoms with E-state index in [-0.39, 0.29) is 0 Å². The summed E-state index contributed by atoms with van der Waals surface area (Å²) >= 11 is 3.52. The van der Waals surface area contributed by atoms with Gasteiger partial charge in [-0.3, -0.25) is 0 Å². The Morgan fingerprint density at radius 2 is 2.29 bits per heavy atom. The molecule has 92 valence electrons. The number of rotatable bonds is 6. The van der Waals surface area contributed by atoms with Gasteiger partial charge in [0.15, 0.2) is 0 Å². The average Bonchev–Trinajstić information content (AvgIpc) is 2.80. The molecule has 3 N–H and O–H groups in total. The van der Waals surface area contributed by atoms with Gasteiger partial charge < -0.3 is 11.1 Å². The van der Waals surface area contributed by atoms with E-state index in [1.54, 1.807) is 11.3 Å². The summed E-state index contributed by atoms with van der Waals surface area (Å²) in [6.07, 6.45) is 4.56. The van der Waals surface area contributed by atoms with Gasteiger partial charge in [-0.1, -0.05) is 0 Å². The maximum absolute atomic E-state index is 6.08. The number of thioether (sulfide) groups is 1. The highest BCUT2D eigenvalue weighted by atomic mass is 32.2. The molecule has 0 amide bonds. The van der Waals surface area contributed by atoms with Crippen molar-refractivity contribution < 1.29 is 0 Å². The zero-order chi connectivity index (χ0) is 12.1. The lowest BCUT2D eigenvalue weighted by molar-refractivity contribution is 0.844. The first-order valence-corrected chi connectivity index (χ1v) is 7.94. The summed E-state index contributed by atoms with van der Waals surface area (Å²) in [5.74, 6) is 1.22. The van der Waals surface area contributed by atoms with Crippen molar-refractivity contribution in [1.82, 2.24) is 4.98 Å². The van der Waals surface area contributed by atoms with Crippen LogP contribution in [0.5, 0.6) is 0 Å². The lowest BCUT2D eigenvalue weighted by Gasteiger charge is -2.09. The van der Waals surface area contributed by atoms with E-state index in [4.69, 9.17) is 5.73 Å². The van der Waals surface area contributed by atoms with Crippen LogP contribution in [-0.4, -0.2) is 23.5 Å². The molecule has 5 heteroatoms. The monoisotopic (exact) mass is 267 g/mol. The second-order valence-corrected chi connectivity index (χ2v) is 5.72. The van der Waals surface area contributed by atoms with Crippen LogP contribution in [0, 0.1) is 0 Å². The number of nitrogens with one attached hydrogen (secondary N) is 1. The Hall–Kier alpha value is -0.940. The third-order valence-corrected chi connectivity index (χ3v) is 4.12. The van der Waals surface area contributed by atoms with Crippen LogP contribution in [-0.2, 0) is 0 Å². The van der Waals surface area contributed by atoms with Gasteiger partial charge in [-0.15, -0.1) is 11.3 Å². The number of benzene rings is 1. The first-order valence-electron chi connectivity index (χ1n) is 5.67. The van der Waals surface area contributed by atoms with E-state index in [1.165, 1.54) is 18.6 Å². The molecule has 3 nitrogen and oxygen atoms in total. The summed E-state index contributed by atoms with van der Waals surface area (Å²) in [6, 6.07) is 4.12. The van der Waals surface area contributed by atoms with Crippen LogP contribution < -0.4 is 11.1 Å². The van der Waals surface area contributed by atoms with E-state index in [0.717, 1.165) is 28.1 Å². The molecule has 0 aliphatic rings. The molecule has 0 aliphatic heterocycles. The molecule has 0 spiro atoms. The first kappa shape index (κ1) is 12.5. The van der Waals surface area contributed by atoms with Gasteiger partial charge >= 0.3 is 0 Å². The van der Waals surface area contributed by atoms with Crippen molar-refractivity contribution in [1.29, 1.82) is 0 Å². The van der Waals surface area contributed by atoms with Crippen LogP contribution in [0.1, 0.15) is 12.8 Å². The highest BCUT2D eigenvalue weighted by Crippen LogP contribution is 2.29. The molecule has 0 atom stereocenters. The Morgan fingerprint density at radius 3 is 3.12 bits per heavy atom. The van der Waals surface area contributed by atoms with Gasteiger partial charge in [-0.2, -0.15) is 11.8 Å². The molecule has 2 rings (SSSR count). The van der Waals surface area contributed by atoms with Crippen LogP contribution in [0.15, 0.2) is 17.6 Å². The minimum absolute atomic E-state index is 0.772. The predicted molar refractivity (Wildman–Crippen MR) is 80.1 cm³/mol. The van der Waals surface area contributed by atoms with Crippen LogP contribution in [0.4, 0.5) is 11.4 Å². The fourth-order valence-corrected chi connectivity index (χ4v) is 2.89. The highest BCUT2D eigenvalue weighted by Gasteiger charge is 2.05. The molecule has 0 fully saturated rings. The third-order valence-electron chi connectivity index (χ3n) is 2.63. The Bertz CT molecular complexity index is 482. The number of aromatic nitrogens is 1. The summed E-state index contributed by atoms with van der Waals surface area (Å²) in [7, 11) is 0. The van der Waals surface area contributed by atoms with Crippen molar-refractivity contribution >= 4 is 44.7 Å². The minimum atomic E-state index is 0.772. The Morgan fingerprint density at radius 1 is 1.41 bits per heavy atom. The number of fused-ring (bicyclic) bond motifs is 1. The van der Waals surface area contributed by atoms with Crippen molar-refractivity contribution in [2.45, 2.75) is 12.8 Å². The lowest BCUT2D eigenvalue weighted by Crippen LogP contribution is -2.04. The highest BCUT2D eigenvalue weighted by molar-refractivity contribution is 7.98. The van der Waals surface area contributed by atoms with Crippen molar-refractivity contribution in [3.8, 4) is 0 Å². The van der Waals surface area contributed by atoms with Crippen molar-refractivity contribution in [2.75, 3.05) is 29.6 Å². The number of hydrogen-bond donors (Lipinski definition) is 2. The molecule has 0 unspecified atom stereocenters. The number of thiazole rings is 1. The third kappa shape index (κ3) is 3.04. The van der Waals surface area contributed by atoms with Gasteiger partial charge in [0.25, 0.3) is 0 Å². The van der Waals surface area contributed by atoms with E-state index >= 15 is 0 Å². The molecule has 0 saturated heterocycles. The Balaban J connectivity index is 1.96. The van der Waals surface area contributed by atoms with Crippen molar-refractivity contribution in [3.63, 3.8) is 0 Å². The van der Waals surface area contributed by atoms with Gasteiger partial charge in [-0.25, -0.2) is 4.98 Å². The molecule has 2 aromatic rings. The van der Waals surface area contributed by atoms with E-state index < -0.39 is 0 Å². The zero-order valence-electron chi connectivity index (χ0n) is 9.90. The van der Waals surface area contributed by atoms with Crippen LogP contribution >= 0.6 is 23.1 Å². The van der Waals surface area contributed by atoms with Gasteiger partial charge in [0.1, 0.15) is 5.52 Å². The molecule has 1 aromatic carbocycles. The molecule has 0 saturated carbocycles. The summed E-state index contributed by atoms with van der Waals surface area (Å²) in [5.41, 5.74) is 10.6. The molecule has 0 bridgehead atoms. The average molecular weight is 267 g/mol. The van der Waals surface area contributed by atoms with E-state index in [2.05, 4.69) is 22.6 Å². The largest absolute Gasteiger partial charge is 0.395 e. The second-order valence-electron chi connectivity index (χ2n) is 3.85. The SMILES string of the molecule is CSCCCCNc1ccc2scnc2c1N. The summed E-state index contributed by atoms with van der Waals surface area (Å²) in [6.45, 7) is 0.973. The van der Waals surface area contributed by atoms with Gasteiger partial charge in [0.2, 0.25) is 0 Å². The lowest BCUT2D eigenvalue weighted by atomic mass is 10.2. The summed E-state index contributed by atoms with van der Waals surface area (Å²) in [4.78, 5) is 4.29. The molecular formula is C12H17N3S2. The molecule has 17 heavy (non-hydrogen) atoms. The van der Waals surface area contributed by atoms with Crippen LogP contribution in [0.25, 0.3) is 10.2 Å². The van der Waals surface area contributed by atoms with E-state index in [0.29, 0.717) is 0 Å². The number of unbranched alkanes of at least 4 members (excludes halogenated alkanes) is 1. The van der Waals surface area contributed by atoms with Crippen molar-refractivity contribution in [3.05, 3.63) is 17.6 Å². The topological polar surface area (TPSA) is 50.9 Å². The normalized spacial score (nSPS) is 10.9. The quantitative estimate of drug-likeness (QED) is 0.622. The molecule has 1 heterocycles. The standard InChI is InChI=1S/C12H17N3S2/c1-16-7-3-2-6-14-9-4-5-10-12(11(9)13)15-8-17-10/h4-5,8,14H,2-3,6-7,13H2,1H3.